The summed E-state index contributed by atoms with van der Waals surface area (Å²) in [6.07, 6.45) is 0.229. The normalized spacial score (nSPS) is 20.6. The summed E-state index contributed by atoms with van der Waals surface area (Å²) < 4.78 is 0.822. The zero-order valence-electron chi connectivity index (χ0n) is 12.7. The van der Waals surface area contributed by atoms with Gasteiger partial charge in [-0.2, -0.15) is 0 Å². The summed E-state index contributed by atoms with van der Waals surface area (Å²) in [5.41, 5.74) is 1.69. The van der Waals surface area contributed by atoms with Gasteiger partial charge in [-0.1, -0.05) is 42.5 Å². The van der Waals surface area contributed by atoms with Gasteiger partial charge in [-0.15, -0.1) is 0 Å². The maximum atomic E-state index is 12.7. The molecule has 5 heteroatoms. The van der Waals surface area contributed by atoms with Gasteiger partial charge in [0.15, 0.2) is 0 Å². The Morgan fingerprint density at radius 1 is 1.13 bits per heavy atom. The summed E-state index contributed by atoms with van der Waals surface area (Å²) in [5.74, 6) is -0.545. The predicted molar refractivity (Wildman–Crippen MR) is 92.8 cm³/mol. The maximum absolute atomic E-state index is 12.7. The number of carbonyl (C=O) groups excluding carboxylic acids is 2. The third kappa shape index (κ3) is 3.15. The lowest BCUT2D eigenvalue weighted by atomic mass is 9.93. The number of amides is 2. The zero-order valence-corrected chi connectivity index (χ0v) is 14.3. The Morgan fingerprint density at radius 3 is 2.48 bits per heavy atom. The van der Waals surface area contributed by atoms with E-state index < -0.39 is 5.92 Å². The minimum atomic E-state index is -0.401. The highest BCUT2D eigenvalue weighted by Gasteiger charge is 2.42. The van der Waals surface area contributed by atoms with Crippen LogP contribution in [0.5, 0.6) is 0 Å². The molecule has 2 aromatic rings. The van der Waals surface area contributed by atoms with Crippen LogP contribution in [-0.2, 0) is 9.59 Å². The van der Waals surface area contributed by atoms with Crippen molar-refractivity contribution in [1.29, 1.82) is 0 Å². The minimum Gasteiger partial charge on any atom is -0.338 e. The predicted octanol–water partition coefficient (Wildman–Crippen LogP) is 3.61. The molecule has 118 valence electrons. The topological polar surface area (TPSA) is 49.4 Å². The number of hydrogen-bond donors (Lipinski definition) is 1. The van der Waals surface area contributed by atoms with E-state index in [1.165, 1.54) is 0 Å². The van der Waals surface area contributed by atoms with E-state index in [1.54, 1.807) is 11.9 Å². The third-order valence-electron chi connectivity index (χ3n) is 4.20. The van der Waals surface area contributed by atoms with Crippen molar-refractivity contribution in [2.24, 2.45) is 5.92 Å². The smallest absolute Gasteiger partial charge is 0.230 e. The molecule has 1 heterocycles. The van der Waals surface area contributed by atoms with Crippen LogP contribution in [0, 0.1) is 5.92 Å². The molecule has 0 radical (unpaired) electrons. The van der Waals surface area contributed by atoms with Crippen molar-refractivity contribution >= 4 is 33.4 Å². The number of nitrogens with one attached hydrogen (secondary N) is 1. The molecule has 1 N–H and O–H groups in total. The molecule has 0 bridgehead atoms. The highest BCUT2D eigenvalue weighted by molar-refractivity contribution is 9.10. The van der Waals surface area contributed by atoms with Gasteiger partial charge in [-0.05, 0) is 33.6 Å². The minimum absolute atomic E-state index is 0.00821. The first-order valence-corrected chi connectivity index (χ1v) is 8.23. The van der Waals surface area contributed by atoms with Crippen LogP contribution >= 0.6 is 15.9 Å². The fraction of sp³-hybridized carbons (Fsp3) is 0.222. The van der Waals surface area contributed by atoms with Crippen LogP contribution in [0.25, 0.3) is 0 Å². The molecule has 0 aromatic heterocycles. The second-order valence-corrected chi connectivity index (χ2v) is 6.49. The second-order valence-electron chi connectivity index (χ2n) is 5.64. The van der Waals surface area contributed by atoms with Gasteiger partial charge in [-0.3, -0.25) is 9.59 Å². The number of para-hydroxylation sites is 1. The van der Waals surface area contributed by atoms with Crippen LogP contribution in [0.4, 0.5) is 5.69 Å². The third-order valence-corrected chi connectivity index (χ3v) is 4.89. The Balaban J connectivity index is 1.86. The first kappa shape index (κ1) is 15.7. The molecule has 1 fully saturated rings. The molecule has 0 unspecified atom stereocenters. The molecule has 1 saturated heterocycles. The Morgan fingerprint density at radius 2 is 1.78 bits per heavy atom. The molecule has 0 spiro atoms. The van der Waals surface area contributed by atoms with E-state index >= 15 is 0 Å². The van der Waals surface area contributed by atoms with Gasteiger partial charge >= 0.3 is 0 Å². The largest absolute Gasteiger partial charge is 0.338 e. The van der Waals surface area contributed by atoms with Crippen LogP contribution < -0.4 is 5.32 Å². The van der Waals surface area contributed by atoms with E-state index in [1.807, 2.05) is 54.6 Å². The van der Waals surface area contributed by atoms with Gasteiger partial charge in [0.05, 0.1) is 17.6 Å². The molecule has 3 rings (SSSR count). The number of carbonyl (C=O) groups is 2. The first-order valence-electron chi connectivity index (χ1n) is 7.44. The van der Waals surface area contributed by atoms with Crippen molar-refractivity contribution in [3.63, 3.8) is 0 Å². The Bertz CT molecular complexity index is 733. The molecule has 1 aliphatic heterocycles. The van der Waals surface area contributed by atoms with Crippen molar-refractivity contribution in [3.05, 3.63) is 64.6 Å². The van der Waals surface area contributed by atoms with E-state index in [0.717, 1.165) is 10.0 Å². The van der Waals surface area contributed by atoms with Gasteiger partial charge in [0.1, 0.15) is 0 Å². The summed E-state index contributed by atoms with van der Waals surface area (Å²) in [7, 11) is 1.76. The van der Waals surface area contributed by atoms with Crippen molar-refractivity contribution in [3.8, 4) is 0 Å². The van der Waals surface area contributed by atoms with Gasteiger partial charge in [0.25, 0.3) is 0 Å². The molecule has 23 heavy (non-hydrogen) atoms. The van der Waals surface area contributed by atoms with E-state index in [0.29, 0.717) is 5.69 Å². The van der Waals surface area contributed by atoms with Crippen LogP contribution in [0.3, 0.4) is 0 Å². The van der Waals surface area contributed by atoms with E-state index in [4.69, 9.17) is 0 Å². The lowest BCUT2D eigenvalue weighted by Gasteiger charge is -2.25. The maximum Gasteiger partial charge on any atom is 0.230 e. The van der Waals surface area contributed by atoms with E-state index in [2.05, 4.69) is 21.2 Å². The van der Waals surface area contributed by atoms with Crippen LogP contribution in [-0.4, -0.2) is 23.8 Å². The SMILES string of the molecule is CN1C(=O)C[C@@H](C(=O)Nc2ccccc2Br)[C@H]1c1ccccc1. The number of rotatable bonds is 3. The quantitative estimate of drug-likeness (QED) is 0.894. The molecule has 2 aromatic carbocycles. The van der Waals surface area contributed by atoms with Gasteiger partial charge in [-0.25, -0.2) is 0 Å². The zero-order chi connectivity index (χ0) is 16.4. The summed E-state index contributed by atoms with van der Waals surface area (Å²) in [4.78, 5) is 26.5. The fourth-order valence-corrected chi connectivity index (χ4v) is 3.38. The molecule has 1 aliphatic rings. The first-order chi connectivity index (χ1) is 11.1. The molecule has 2 amide bonds. The van der Waals surface area contributed by atoms with E-state index in [9.17, 15) is 9.59 Å². The standard InChI is InChI=1S/C18H17BrN2O2/c1-21-16(22)11-13(17(21)12-7-3-2-4-8-12)18(23)20-15-10-6-5-9-14(15)19/h2-10,13,17H,11H2,1H3,(H,20,23)/t13-,17-/m1/s1. The number of hydrogen-bond acceptors (Lipinski definition) is 2. The number of halogens is 1. The van der Waals surface area contributed by atoms with Gasteiger partial charge in [0, 0.05) is 17.9 Å². The number of benzene rings is 2. The number of likely N-dealkylation sites (tertiary alicyclic amines) is 1. The average molecular weight is 373 g/mol. The summed E-state index contributed by atoms with van der Waals surface area (Å²) >= 11 is 3.43. The molecular weight excluding hydrogens is 356 g/mol. The molecule has 0 saturated carbocycles. The summed E-state index contributed by atoms with van der Waals surface area (Å²) in [5, 5.41) is 2.93. The monoisotopic (exact) mass is 372 g/mol. The van der Waals surface area contributed by atoms with Crippen molar-refractivity contribution in [2.75, 3.05) is 12.4 Å². The average Bonchev–Trinajstić information content (AvgIpc) is 2.86. The summed E-state index contributed by atoms with van der Waals surface area (Å²) in [6, 6.07) is 16.9. The highest BCUT2D eigenvalue weighted by atomic mass is 79.9. The Kier molecular flexibility index (Phi) is 4.48. The van der Waals surface area contributed by atoms with Crippen LogP contribution in [0.15, 0.2) is 59.1 Å². The van der Waals surface area contributed by atoms with E-state index in [-0.39, 0.29) is 24.3 Å². The molecule has 2 atom stereocenters. The summed E-state index contributed by atoms with van der Waals surface area (Å²) in [6.45, 7) is 0. The Hall–Kier alpha value is -2.14. The van der Waals surface area contributed by atoms with Crippen LogP contribution in [0.2, 0.25) is 0 Å². The second kappa shape index (κ2) is 6.54. The Labute approximate surface area is 143 Å². The lowest BCUT2D eigenvalue weighted by Crippen LogP contribution is -2.30. The highest BCUT2D eigenvalue weighted by Crippen LogP contribution is 2.37. The molecule has 0 aliphatic carbocycles. The molecule has 4 nitrogen and oxygen atoms in total. The lowest BCUT2D eigenvalue weighted by molar-refractivity contribution is -0.127. The van der Waals surface area contributed by atoms with Crippen molar-refractivity contribution in [1.82, 2.24) is 4.90 Å². The fourth-order valence-electron chi connectivity index (χ4n) is 3.00. The number of anilines is 1. The molecular formula is C18H17BrN2O2. The number of nitrogens with zero attached hydrogens (tertiary/aromatic N) is 1. The van der Waals surface area contributed by atoms with Crippen molar-refractivity contribution < 1.29 is 9.59 Å². The van der Waals surface area contributed by atoms with Crippen LogP contribution in [0.1, 0.15) is 18.0 Å². The van der Waals surface area contributed by atoms with Crippen molar-refractivity contribution in [2.45, 2.75) is 12.5 Å². The van der Waals surface area contributed by atoms with Gasteiger partial charge in [0.2, 0.25) is 11.8 Å². The van der Waals surface area contributed by atoms with Gasteiger partial charge < -0.3 is 10.2 Å².